The Bertz CT molecular complexity index is 385. The number of hydrogen-bond donors (Lipinski definition) is 0. The van der Waals surface area contributed by atoms with Crippen LogP contribution < -0.4 is 4.74 Å². The van der Waals surface area contributed by atoms with Crippen LogP contribution in [-0.2, 0) is 4.74 Å². The van der Waals surface area contributed by atoms with E-state index in [1.807, 2.05) is 0 Å². The van der Waals surface area contributed by atoms with Gasteiger partial charge in [-0.25, -0.2) is 4.39 Å². The number of benzene rings is 1. The molecule has 2 nitrogen and oxygen atoms in total. The second kappa shape index (κ2) is 4.54. The maximum absolute atomic E-state index is 12.7. The highest BCUT2D eigenvalue weighted by Crippen LogP contribution is 2.27. The Morgan fingerprint density at radius 1 is 1.25 bits per heavy atom. The summed E-state index contributed by atoms with van der Waals surface area (Å²) in [5.74, 6) is 3.00. The Balaban J connectivity index is 2.12. The van der Waals surface area contributed by atoms with Crippen molar-refractivity contribution in [3.63, 3.8) is 0 Å². The number of terminal acetylenes is 1. The normalized spacial score (nSPS) is 18.8. The number of ether oxygens (including phenoxy) is 2. The van der Waals surface area contributed by atoms with Gasteiger partial charge in [-0.1, -0.05) is 5.92 Å². The minimum absolute atomic E-state index is 0.283. The Morgan fingerprint density at radius 2 is 1.88 bits per heavy atom. The van der Waals surface area contributed by atoms with Gasteiger partial charge in [0.25, 0.3) is 0 Å². The highest BCUT2D eigenvalue weighted by atomic mass is 19.1. The van der Waals surface area contributed by atoms with Gasteiger partial charge in [-0.3, -0.25) is 0 Å². The van der Waals surface area contributed by atoms with E-state index in [4.69, 9.17) is 15.9 Å². The zero-order valence-corrected chi connectivity index (χ0v) is 8.91. The summed E-state index contributed by atoms with van der Waals surface area (Å²) in [5.41, 5.74) is -0.601. The summed E-state index contributed by atoms with van der Waals surface area (Å²) in [6, 6.07) is 5.89. The molecule has 16 heavy (non-hydrogen) atoms. The first kappa shape index (κ1) is 11.0. The van der Waals surface area contributed by atoms with Crippen LogP contribution in [0.25, 0.3) is 0 Å². The maximum atomic E-state index is 12.7. The molecule has 2 rings (SSSR count). The Kier molecular flexibility index (Phi) is 3.12. The van der Waals surface area contributed by atoms with E-state index in [1.165, 1.54) is 12.1 Å². The fraction of sp³-hybridized carbons (Fsp3) is 0.385. The third kappa shape index (κ3) is 2.34. The molecule has 1 aromatic carbocycles. The lowest BCUT2D eigenvalue weighted by molar-refractivity contribution is -0.0111. The van der Waals surface area contributed by atoms with Crippen LogP contribution >= 0.6 is 0 Å². The zero-order valence-electron chi connectivity index (χ0n) is 8.91. The first-order valence-corrected chi connectivity index (χ1v) is 5.24. The van der Waals surface area contributed by atoms with Crippen molar-refractivity contribution in [2.24, 2.45) is 0 Å². The summed E-state index contributed by atoms with van der Waals surface area (Å²) in [4.78, 5) is 0. The number of hydrogen-bond acceptors (Lipinski definition) is 2. The van der Waals surface area contributed by atoms with E-state index in [0.717, 1.165) is 0 Å². The topological polar surface area (TPSA) is 18.5 Å². The predicted molar refractivity (Wildman–Crippen MR) is 58.6 cm³/mol. The summed E-state index contributed by atoms with van der Waals surface area (Å²) in [6.07, 6.45) is 6.85. The SMILES string of the molecule is C#CC1(Oc2ccc(F)cc2)CCOCC1. The number of rotatable bonds is 2. The quantitative estimate of drug-likeness (QED) is 0.712. The molecule has 1 aliphatic rings. The van der Waals surface area contributed by atoms with Crippen LogP contribution in [0.5, 0.6) is 5.75 Å². The van der Waals surface area contributed by atoms with E-state index >= 15 is 0 Å². The summed E-state index contributed by atoms with van der Waals surface area (Å²) in [5, 5.41) is 0. The molecule has 0 radical (unpaired) electrons. The molecule has 0 aliphatic carbocycles. The average Bonchev–Trinajstić information content (AvgIpc) is 2.33. The molecular weight excluding hydrogens is 207 g/mol. The van der Waals surface area contributed by atoms with Gasteiger partial charge in [-0.2, -0.15) is 0 Å². The second-order valence-corrected chi connectivity index (χ2v) is 3.81. The van der Waals surface area contributed by atoms with Crippen LogP contribution in [-0.4, -0.2) is 18.8 Å². The molecule has 0 saturated carbocycles. The molecule has 0 bridgehead atoms. The molecule has 1 fully saturated rings. The van der Waals surface area contributed by atoms with Crippen molar-refractivity contribution < 1.29 is 13.9 Å². The van der Waals surface area contributed by atoms with E-state index in [2.05, 4.69) is 5.92 Å². The lowest BCUT2D eigenvalue weighted by Crippen LogP contribution is -2.40. The number of halogens is 1. The van der Waals surface area contributed by atoms with E-state index in [-0.39, 0.29) is 5.82 Å². The smallest absolute Gasteiger partial charge is 0.173 e. The first-order chi connectivity index (χ1) is 7.74. The van der Waals surface area contributed by atoms with Crippen molar-refractivity contribution >= 4 is 0 Å². The van der Waals surface area contributed by atoms with Gasteiger partial charge in [0, 0.05) is 12.8 Å². The summed E-state index contributed by atoms with van der Waals surface area (Å²) in [6.45, 7) is 1.21. The van der Waals surface area contributed by atoms with Gasteiger partial charge in [0.05, 0.1) is 13.2 Å². The molecule has 84 valence electrons. The van der Waals surface area contributed by atoms with Gasteiger partial charge in [-0.05, 0) is 24.3 Å². The third-order valence-electron chi connectivity index (χ3n) is 2.69. The van der Waals surface area contributed by atoms with Crippen LogP contribution in [0.1, 0.15) is 12.8 Å². The van der Waals surface area contributed by atoms with Gasteiger partial charge in [-0.15, -0.1) is 6.42 Å². The Labute approximate surface area is 94.4 Å². The molecule has 0 spiro atoms. The van der Waals surface area contributed by atoms with Gasteiger partial charge in [0.15, 0.2) is 5.60 Å². The van der Waals surface area contributed by atoms with E-state index in [9.17, 15) is 4.39 Å². The van der Waals surface area contributed by atoms with Gasteiger partial charge in [0.1, 0.15) is 11.6 Å². The van der Waals surface area contributed by atoms with Crippen molar-refractivity contribution in [2.75, 3.05) is 13.2 Å². The van der Waals surface area contributed by atoms with Crippen LogP contribution in [0, 0.1) is 18.2 Å². The van der Waals surface area contributed by atoms with Crippen molar-refractivity contribution in [1.82, 2.24) is 0 Å². The average molecular weight is 220 g/mol. The minimum atomic E-state index is -0.601. The molecule has 0 aromatic heterocycles. The van der Waals surface area contributed by atoms with Crippen LogP contribution in [0.3, 0.4) is 0 Å². The maximum Gasteiger partial charge on any atom is 0.173 e. The minimum Gasteiger partial charge on any atom is -0.474 e. The molecule has 0 atom stereocenters. The van der Waals surface area contributed by atoms with Gasteiger partial charge in [0.2, 0.25) is 0 Å². The highest BCUT2D eigenvalue weighted by molar-refractivity contribution is 5.25. The monoisotopic (exact) mass is 220 g/mol. The zero-order chi connectivity index (χ0) is 11.4. The predicted octanol–water partition coefficient (Wildman–Crippen LogP) is 2.39. The summed E-state index contributed by atoms with van der Waals surface area (Å²) < 4.78 is 23.7. The standard InChI is InChI=1S/C13H13FO2/c1-2-13(7-9-15-10-8-13)16-12-5-3-11(14)4-6-12/h1,3-6H,7-10H2. The molecule has 1 heterocycles. The third-order valence-corrected chi connectivity index (χ3v) is 2.69. The molecule has 0 N–H and O–H groups in total. The first-order valence-electron chi connectivity index (χ1n) is 5.24. The van der Waals surface area contributed by atoms with Gasteiger partial charge >= 0.3 is 0 Å². The van der Waals surface area contributed by atoms with Crippen LogP contribution in [0.2, 0.25) is 0 Å². The lowest BCUT2D eigenvalue weighted by atomic mass is 9.95. The van der Waals surface area contributed by atoms with Crippen LogP contribution in [0.4, 0.5) is 4.39 Å². The lowest BCUT2D eigenvalue weighted by Gasteiger charge is -2.32. The molecular formula is C13H13FO2. The van der Waals surface area contributed by atoms with Gasteiger partial charge < -0.3 is 9.47 Å². The van der Waals surface area contributed by atoms with E-state index in [1.54, 1.807) is 12.1 Å². The molecule has 3 heteroatoms. The van der Waals surface area contributed by atoms with E-state index in [0.29, 0.717) is 31.8 Å². The van der Waals surface area contributed by atoms with Crippen molar-refractivity contribution in [1.29, 1.82) is 0 Å². The fourth-order valence-electron chi connectivity index (χ4n) is 1.71. The molecule has 0 unspecified atom stereocenters. The second-order valence-electron chi connectivity index (χ2n) is 3.81. The Morgan fingerprint density at radius 3 is 2.44 bits per heavy atom. The van der Waals surface area contributed by atoms with Crippen molar-refractivity contribution in [3.8, 4) is 18.1 Å². The molecule has 0 amide bonds. The van der Waals surface area contributed by atoms with Crippen LogP contribution in [0.15, 0.2) is 24.3 Å². The fourth-order valence-corrected chi connectivity index (χ4v) is 1.71. The van der Waals surface area contributed by atoms with E-state index < -0.39 is 5.60 Å². The van der Waals surface area contributed by atoms with Crippen molar-refractivity contribution in [3.05, 3.63) is 30.1 Å². The largest absolute Gasteiger partial charge is 0.474 e. The molecule has 1 saturated heterocycles. The summed E-state index contributed by atoms with van der Waals surface area (Å²) in [7, 11) is 0. The highest BCUT2D eigenvalue weighted by Gasteiger charge is 2.32. The molecule has 1 aromatic rings. The summed E-state index contributed by atoms with van der Waals surface area (Å²) >= 11 is 0. The molecule has 1 aliphatic heterocycles. The Hall–Kier alpha value is -1.53. The van der Waals surface area contributed by atoms with Crippen molar-refractivity contribution in [2.45, 2.75) is 18.4 Å².